The zero-order valence-electron chi connectivity index (χ0n) is 15.3. The number of halogens is 3. The minimum Gasteiger partial charge on any atom is -0.349 e. The van der Waals surface area contributed by atoms with Crippen LogP contribution in [-0.4, -0.2) is 36.0 Å². The zero-order valence-corrected chi connectivity index (χ0v) is 15.3. The van der Waals surface area contributed by atoms with E-state index in [1.807, 2.05) is 30.3 Å². The lowest BCUT2D eigenvalue weighted by atomic mass is 9.85. The Balaban J connectivity index is 2.07. The average Bonchev–Trinajstić information content (AvgIpc) is 2.85. The third-order valence-electron chi connectivity index (χ3n) is 4.29. The van der Waals surface area contributed by atoms with Crippen molar-refractivity contribution in [1.29, 1.82) is 0 Å². The summed E-state index contributed by atoms with van der Waals surface area (Å²) in [6.45, 7) is 4.67. The Hall–Kier alpha value is -2.05. The Kier molecular flexibility index (Phi) is 5.98. The number of amides is 2. The summed E-state index contributed by atoms with van der Waals surface area (Å²) >= 11 is 0. The van der Waals surface area contributed by atoms with E-state index in [4.69, 9.17) is 0 Å². The number of hydrogen-bond acceptors (Lipinski definition) is 2. The second kappa shape index (κ2) is 7.68. The highest BCUT2D eigenvalue weighted by molar-refractivity contribution is 5.89. The van der Waals surface area contributed by atoms with Crippen molar-refractivity contribution < 1.29 is 22.8 Å². The maximum absolute atomic E-state index is 12.6. The van der Waals surface area contributed by atoms with Gasteiger partial charge in [0.25, 0.3) is 0 Å². The molecule has 26 heavy (non-hydrogen) atoms. The van der Waals surface area contributed by atoms with Crippen molar-refractivity contribution in [2.45, 2.75) is 45.8 Å². The van der Waals surface area contributed by atoms with Crippen LogP contribution in [0.4, 0.5) is 13.2 Å². The van der Waals surface area contributed by atoms with Gasteiger partial charge in [-0.15, -0.1) is 0 Å². The molecular weight excluding hydrogens is 345 g/mol. The van der Waals surface area contributed by atoms with E-state index in [1.165, 1.54) is 0 Å². The SMILES string of the molecule is CC(C)(C)CC(NC(=O)C1CC(=O)N(CC(F)(F)F)C1)c1ccccc1. The van der Waals surface area contributed by atoms with Crippen LogP contribution in [0.2, 0.25) is 0 Å². The van der Waals surface area contributed by atoms with Gasteiger partial charge in [0.1, 0.15) is 6.54 Å². The maximum atomic E-state index is 12.6. The first kappa shape index (κ1) is 20.3. The van der Waals surface area contributed by atoms with Crippen LogP contribution < -0.4 is 5.32 Å². The monoisotopic (exact) mass is 370 g/mol. The van der Waals surface area contributed by atoms with Crippen molar-refractivity contribution in [3.63, 3.8) is 0 Å². The molecule has 1 aromatic carbocycles. The first-order chi connectivity index (χ1) is 11.9. The number of hydrogen-bond donors (Lipinski definition) is 1. The van der Waals surface area contributed by atoms with E-state index in [-0.39, 0.29) is 30.3 Å². The van der Waals surface area contributed by atoms with Crippen LogP contribution in [-0.2, 0) is 9.59 Å². The Morgan fingerprint density at radius 2 is 1.85 bits per heavy atom. The lowest BCUT2D eigenvalue weighted by molar-refractivity contribution is -0.157. The summed E-state index contributed by atoms with van der Waals surface area (Å²) in [7, 11) is 0. The summed E-state index contributed by atoms with van der Waals surface area (Å²) in [6.07, 6.45) is -3.96. The van der Waals surface area contributed by atoms with Crippen LogP contribution in [0.25, 0.3) is 0 Å². The number of benzene rings is 1. The molecular formula is C19H25F3N2O2. The summed E-state index contributed by atoms with van der Waals surface area (Å²) in [5, 5.41) is 2.94. The van der Waals surface area contributed by atoms with E-state index in [9.17, 15) is 22.8 Å². The minimum absolute atomic E-state index is 0.0540. The highest BCUT2D eigenvalue weighted by Crippen LogP contribution is 2.30. The molecule has 0 bridgehead atoms. The summed E-state index contributed by atoms with van der Waals surface area (Å²) in [6, 6.07) is 9.20. The number of alkyl halides is 3. The van der Waals surface area contributed by atoms with Crippen LogP contribution >= 0.6 is 0 Å². The molecule has 1 aliphatic heterocycles. The molecule has 0 saturated carbocycles. The molecule has 2 unspecified atom stereocenters. The predicted molar refractivity (Wildman–Crippen MR) is 92.1 cm³/mol. The summed E-state index contributed by atoms with van der Waals surface area (Å²) in [5.41, 5.74) is 0.883. The topological polar surface area (TPSA) is 49.4 Å². The van der Waals surface area contributed by atoms with Gasteiger partial charge in [0.2, 0.25) is 11.8 Å². The summed E-state index contributed by atoms with van der Waals surface area (Å²) in [4.78, 5) is 25.1. The lowest BCUT2D eigenvalue weighted by Gasteiger charge is -2.28. The smallest absolute Gasteiger partial charge is 0.349 e. The van der Waals surface area contributed by atoms with Gasteiger partial charge in [-0.05, 0) is 17.4 Å². The maximum Gasteiger partial charge on any atom is 0.406 e. The molecule has 0 radical (unpaired) electrons. The molecule has 1 aliphatic rings. The minimum atomic E-state index is -4.46. The van der Waals surface area contributed by atoms with Crippen molar-refractivity contribution in [2.75, 3.05) is 13.1 Å². The molecule has 2 atom stereocenters. The highest BCUT2D eigenvalue weighted by Gasteiger charge is 2.41. The lowest BCUT2D eigenvalue weighted by Crippen LogP contribution is -2.38. The van der Waals surface area contributed by atoms with E-state index in [0.29, 0.717) is 11.3 Å². The number of carbonyl (C=O) groups is 2. The molecule has 7 heteroatoms. The van der Waals surface area contributed by atoms with Gasteiger partial charge in [-0.3, -0.25) is 9.59 Å². The Morgan fingerprint density at radius 1 is 1.23 bits per heavy atom. The normalized spacial score (nSPS) is 19.5. The molecule has 0 aliphatic carbocycles. The second-order valence-electron chi connectivity index (χ2n) is 8.03. The van der Waals surface area contributed by atoms with E-state index >= 15 is 0 Å². The molecule has 0 spiro atoms. The van der Waals surface area contributed by atoms with Gasteiger partial charge in [-0.25, -0.2) is 0 Å². The first-order valence-electron chi connectivity index (χ1n) is 8.64. The van der Waals surface area contributed by atoms with Crippen LogP contribution in [0.5, 0.6) is 0 Å². The fraction of sp³-hybridized carbons (Fsp3) is 0.579. The van der Waals surface area contributed by atoms with E-state index < -0.39 is 24.5 Å². The van der Waals surface area contributed by atoms with Gasteiger partial charge in [0.15, 0.2) is 0 Å². The third kappa shape index (κ3) is 6.04. The standard InChI is InChI=1S/C19H25F3N2O2/c1-18(2,3)10-15(13-7-5-4-6-8-13)23-17(26)14-9-16(25)24(11-14)12-19(20,21)22/h4-8,14-15H,9-12H2,1-3H3,(H,23,26). The van der Waals surface area contributed by atoms with Gasteiger partial charge >= 0.3 is 6.18 Å². The van der Waals surface area contributed by atoms with Crippen molar-refractivity contribution in [3.05, 3.63) is 35.9 Å². The van der Waals surface area contributed by atoms with E-state index in [2.05, 4.69) is 26.1 Å². The number of carbonyl (C=O) groups excluding carboxylic acids is 2. The van der Waals surface area contributed by atoms with Crippen LogP contribution in [0.15, 0.2) is 30.3 Å². The molecule has 1 fully saturated rings. The number of nitrogens with zero attached hydrogens (tertiary/aromatic N) is 1. The van der Waals surface area contributed by atoms with Gasteiger partial charge < -0.3 is 10.2 Å². The predicted octanol–water partition coefficient (Wildman–Crippen LogP) is 3.69. The van der Waals surface area contributed by atoms with Gasteiger partial charge in [0, 0.05) is 13.0 Å². The fourth-order valence-corrected chi connectivity index (χ4v) is 3.16. The highest BCUT2D eigenvalue weighted by atomic mass is 19.4. The number of nitrogens with one attached hydrogen (secondary N) is 1. The van der Waals surface area contributed by atoms with Crippen molar-refractivity contribution in [1.82, 2.24) is 10.2 Å². The molecule has 0 aromatic heterocycles. The van der Waals surface area contributed by atoms with Crippen molar-refractivity contribution in [3.8, 4) is 0 Å². The van der Waals surface area contributed by atoms with Crippen LogP contribution in [0, 0.1) is 11.3 Å². The van der Waals surface area contributed by atoms with Gasteiger partial charge in [-0.1, -0.05) is 51.1 Å². The molecule has 1 aromatic rings. The first-order valence-corrected chi connectivity index (χ1v) is 8.64. The van der Waals surface area contributed by atoms with Crippen LogP contribution in [0.3, 0.4) is 0 Å². The Bertz CT molecular complexity index is 638. The van der Waals surface area contributed by atoms with Crippen molar-refractivity contribution in [2.24, 2.45) is 11.3 Å². The van der Waals surface area contributed by atoms with E-state index in [0.717, 1.165) is 5.56 Å². The molecule has 1 heterocycles. The molecule has 4 nitrogen and oxygen atoms in total. The number of likely N-dealkylation sites (tertiary alicyclic amines) is 1. The molecule has 2 amide bonds. The average molecular weight is 370 g/mol. The Morgan fingerprint density at radius 3 is 2.38 bits per heavy atom. The summed E-state index contributed by atoms with van der Waals surface area (Å²) in [5.74, 6) is -1.76. The second-order valence-corrected chi connectivity index (χ2v) is 8.03. The largest absolute Gasteiger partial charge is 0.406 e. The molecule has 2 rings (SSSR count). The molecule has 1 saturated heterocycles. The van der Waals surface area contributed by atoms with Crippen molar-refractivity contribution >= 4 is 11.8 Å². The summed E-state index contributed by atoms with van der Waals surface area (Å²) < 4.78 is 37.6. The van der Waals surface area contributed by atoms with Gasteiger partial charge in [-0.2, -0.15) is 13.2 Å². The zero-order chi connectivity index (χ0) is 19.5. The van der Waals surface area contributed by atoms with E-state index in [1.54, 1.807) is 0 Å². The van der Waals surface area contributed by atoms with Crippen LogP contribution in [0.1, 0.15) is 45.2 Å². The third-order valence-corrected chi connectivity index (χ3v) is 4.29. The fourth-order valence-electron chi connectivity index (χ4n) is 3.16. The Labute approximate surface area is 151 Å². The molecule has 144 valence electrons. The molecule has 1 N–H and O–H groups in total. The number of rotatable bonds is 5. The van der Waals surface area contributed by atoms with Gasteiger partial charge in [0.05, 0.1) is 12.0 Å². The quantitative estimate of drug-likeness (QED) is 0.859.